The quantitative estimate of drug-likeness (QED) is 0.192. The second-order valence-electron chi connectivity index (χ2n) is 8.43. The number of aromatic hydroxyl groups is 1. The summed E-state index contributed by atoms with van der Waals surface area (Å²) in [5, 5.41) is 27.6. The van der Waals surface area contributed by atoms with Crippen molar-refractivity contribution < 1.29 is 28.3 Å². The van der Waals surface area contributed by atoms with Crippen molar-refractivity contribution in [2.24, 2.45) is 0 Å². The number of phenols is 1. The van der Waals surface area contributed by atoms with Gasteiger partial charge in [-0.25, -0.2) is 9.18 Å². The number of hydrogen-bond donors (Lipinski definition) is 4. The number of halogens is 1. The summed E-state index contributed by atoms with van der Waals surface area (Å²) in [5.41, 5.74) is 0.659. The van der Waals surface area contributed by atoms with E-state index in [-0.39, 0.29) is 28.5 Å². The molecule has 0 saturated carbocycles. The van der Waals surface area contributed by atoms with E-state index in [1.807, 2.05) is 6.92 Å². The lowest BCUT2D eigenvalue weighted by atomic mass is 10.0. The lowest BCUT2D eigenvalue weighted by molar-refractivity contribution is 0.112. The van der Waals surface area contributed by atoms with Gasteiger partial charge in [-0.3, -0.25) is 14.9 Å². The van der Waals surface area contributed by atoms with Crippen LogP contribution in [0.15, 0.2) is 51.9 Å². The van der Waals surface area contributed by atoms with Crippen LogP contribution in [0.5, 0.6) is 11.5 Å². The van der Waals surface area contributed by atoms with Crippen molar-refractivity contribution in [1.29, 1.82) is 0 Å². The minimum Gasteiger partial charge on any atom is -0.504 e. The molecule has 0 aliphatic heterocycles. The highest BCUT2D eigenvalue weighted by atomic mass is 19.1. The zero-order chi connectivity index (χ0) is 29.5. The van der Waals surface area contributed by atoms with Gasteiger partial charge in [0.05, 0.1) is 18.9 Å². The highest BCUT2D eigenvalue weighted by Gasteiger charge is 2.26. The molecule has 2 aromatic carbocycles. The molecule has 214 valence electrons. The van der Waals surface area contributed by atoms with Gasteiger partial charge >= 0.3 is 5.69 Å². The summed E-state index contributed by atoms with van der Waals surface area (Å²) in [4.78, 5) is 30.8. The van der Waals surface area contributed by atoms with Gasteiger partial charge in [-0.15, -0.1) is 5.10 Å². The molecule has 15 heteroatoms. The number of benzene rings is 2. The van der Waals surface area contributed by atoms with Crippen LogP contribution >= 0.6 is 0 Å². The molecule has 0 amide bonds. The first-order valence-corrected chi connectivity index (χ1v) is 12.2. The topological polar surface area (TPSA) is 186 Å². The van der Waals surface area contributed by atoms with Crippen molar-refractivity contribution in [3.05, 3.63) is 81.7 Å². The number of carbonyl (C=O) groups is 1. The van der Waals surface area contributed by atoms with Gasteiger partial charge in [0, 0.05) is 43.5 Å². The average molecular weight is 567 g/mol. The van der Waals surface area contributed by atoms with E-state index < -0.39 is 23.3 Å². The number of aromatic amines is 2. The van der Waals surface area contributed by atoms with E-state index >= 15 is 4.39 Å². The van der Waals surface area contributed by atoms with Crippen molar-refractivity contribution in [2.45, 2.75) is 19.9 Å². The molecule has 0 saturated heterocycles. The summed E-state index contributed by atoms with van der Waals surface area (Å²) >= 11 is 0. The molecule has 4 N–H and O–H groups in total. The fraction of sp³-hybridized carbons (Fsp3) is 0.231. The van der Waals surface area contributed by atoms with Crippen LogP contribution in [0.1, 0.15) is 40.6 Å². The van der Waals surface area contributed by atoms with E-state index in [1.165, 1.54) is 19.4 Å². The van der Waals surface area contributed by atoms with Gasteiger partial charge in [0.15, 0.2) is 29.4 Å². The Hall–Kier alpha value is -5.31. The number of H-pyrrole nitrogens is 2. The molecule has 3 heterocycles. The second-order valence-corrected chi connectivity index (χ2v) is 8.43. The van der Waals surface area contributed by atoms with Crippen LogP contribution in [-0.4, -0.2) is 67.3 Å². The van der Waals surface area contributed by atoms with Crippen LogP contribution in [-0.2, 0) is 4.74 Å². The first-order valence-electron chi connectivity index (χ1n) is 12.2. The standard InChI is InChI=1S/C23H19FN8O5.C3H8O/c1-11-26-20(31-37-11)12-3-5-14(6-4-12)27-19(15-7-18(36-2)17(34)8-16(15)24)21-28-23(35)32(30-21)22-13(10-33)9-25-29-22;1-3-4-2/h3-10,19,27,34H,1-2H3,(H,25,29)(H,28,30,35);3H2,1-2H3. The summed E-state index contributed by atoms with van der Waals surface area (Å²) in [6.07, 6.45) is 1.77. The van der Waals surface area contributed by atoms with Crippen molar-refractivity contribution in [2.75, 3.05) is 26.1 Å². The molecule has 0 spiro atoms. The van der Waals surface area contributed by atoms with E-state index in [9.17, 15) is 14.7 Å². The maximum Gasteiger partial charge on any atom is 0.349 e. The maximum atomic E-state index is 15.1. The summed E-state index contributed by atoms with van der Waals surface area (Å²) < 4.78 is 30.7. The molecule has 14 nitrogen and oxygen atoms in total. The molecular formula is C26H27FN8O6. The summed E-state index contributed by atoms with van der Waals surface area (Å²) in [6, 6.07) is 8.03. The molecule has 5 aromatic rings. The number of methoxy groups -OCH3 is 2. The van der Waals surface area contributed by atoms with Gasteiger partial charge in [-0.05, 0) is 37.3 Å². The first-order chi connectivity index (χ1) is 19.8. The van der Waals surface area contributed by atoms with Crippen molar-refractivity contribution in [3.8, 4) is 28.7 Å². The zero-order valence-corrected chi connectivity index (χ0v) is 22.5. The highest BCUT2D eigenvalue weighted by Crippen LogP contribution is 2.35. The summed E-state index contributed by atoms with van der Waals surface area (Å²) in [7, 11) is 3.01. The van der Waals surface area contributed by atoms with E-state index in [4.69, 9.17) is 9.26 Å². The van der Waals surface area contributed by atoms with Crippen LogP contribution in [0.2, 0.25) is 0 Å². The van der Waals surface area contributed by atoms with Gasteiger partial charge in [-0.1, -0.05) is 5.16 Å². The third-order valence-corrected chi connectivity index (χ3v) is 5.77. The molecule has 0 fully saturated rings. The normalized spacial score (nSPS) is 11.4. The van der Waals surface area contributed by atoms with Crippen LogP contribution < -0.4 is 15.7 Å². The number of nitrogens with one attached hydrogen (secondary N) is 3. The highest BCUT2D eigenvalue weighted by molar-refractivity contribution is 5.78. The Morgan fingerprint density at radius 3 is 2.59 bits per heavy atom. The monoisotopic (exact) mass is 566 g/mol. The molecule has 3 aromatic heterocycles. The third kappa shape index (κ3) is 6.30. The lowest BCUT2D eigenvalue weighted by Crippen LogP contribution is -2.17. The number of ether oxygens (including phenoxy) is 2. The lowest BCUT2D eigenvalue weighted by Gasteiger charge is -2.20. The van der Waals surface area contributed by atoms with E-state index in [1.54, 1.807) is 38.3 Å². The molecule has 0 radical (unpaired) electrons. The van der Waals surface area contributed by atoms with Crippen LogP contribution in [0.4, 0.5) is 10.1 Å². The fourth-order valence-corrected chi connectivity index (χ4v) is 3.70. The van der Waals surface area contributed by atoms with Gasteiger partial charge in [0.2, 0.25) is 11.7 Å². The van der Waals surface area contributed by atoms with Crippen LogP contribution in [0, 0.1) is 12.7 Å². The Morgan fingerprint density at radius 1 is 1.24 bits per heavy atom. The van der Waals surface area contributed by atoms with E-state index in [0.29, 0.717) is 29.3 Å². The Labute approximate surface area is 232 Å². The van der Waals surface area contributed by atoms with Crippen molar-refractivity contribution >= 4 is 12.0 Å². The Kier molecular flexibility index (Phi) is 8.88. The molecule has 0 bridgehead atoms. The smallest absolute Gasteiger partial charge is 0.349 e. The van der Waals surface area contributed by atoms with Crippen LogP contribution in [0.3, 0.4) is 0 Å². The number of phenolic OH excluding ortho intramolecular Hbond substituents is 1. The Bertz CT molecular complexity index is 1670. The molecule has 1 atom stereocenters. The second kappa shape index (κ2) is 12.7. The third-order valence-electron chi connectivity index (χ3n) is 5.77. The Balaban J connectivity index is 0.000000909. The van der Waals surface area contributed by atoms with Crippen LogP contribution in [0.25, 0.3) is 17.2 Å². The number of aryl methyl sites for hydroxylation is 1. The predicted octanol–water partition coefficient (Wildman–Crippen LogP) is 3.16. The fourth-order valence-electron chi connectivity index (χ4n) is 3.70. The SMILES string of the molecule is CCOC.COc1cc(C(Nc2ccc(-c3noc(C)n3)cc2)c2nn(-c3[nH]ncc3C=O)c(=O)[nH]2)c(F)cc1O. The first kappa shape index (κ1) is 28.7. The van der Waals surface area contributed by atoms with Gasteiger partial charge < -0.3 is 24.4 Å². The summed E-state index contributed by atoms with van der Waals surface area (Å²) in [6.45, 7) is 4.46. The Morgan fingerprint density at radius 2 is 1.98 bits per heavy atom. The number of carbonyl (C=O) groups excluding carboxylic acids is 1. The molecule has 5 rings (SSSR count). The number of hydrogen-bond acceptors (Lipinski definition) is 11. The molecule has 41 heavy (non-hydrogen) atoms. The maximum absolute atomic E-state index is 15.1. The number of aldehydes is 1. The number of anilines is 1. The minimum absolute atomic E-state index is 0.0148. The molecule has 0 aliphatic rings. The van der Waals surface area contributed by atoms with Crippen molar-refractivity contribution in [1.82, 2.24) is 35.1 Å². The number of nitrogens with zero attached hydrogens (tertiary/aromatic N) is 5. The largest absolute Gasteiger partial charge is 0.504 e. The molecule has 0 aliphatic carbocycles. The molecular weight excluding hydrogens is 539 g/mol. The van der Waals surface area contributed by atoms with Crippen molar-refractivity contribution in [3.63, 3.8) is 0 Å². The minimum atomic E-state index is -1.05. The van der Waals surface area contributed by atoms with Gasteiger partial charge in [0.1, 0.15) is 11.9 Å². The summed E-state index contributed by atoms with van der Waals surface area (Å²) in [5.74, 6) is -0.267. The predicted molar refractivity (Wildman–Crippen MR) is 144 cm³/mol. The van der Waals surface area contributed by atoms with E-state index in [2.05, 4.69) is 40.5 Å². The number of aromatic nitrogens is 7. The molecule has 1 unspecified atom stereocenters. The van der Waals surface area contributed by atoms with Gasteiger partial charge in [-0.2, -0.15) is 14.8 Å². The zero-order valence-electron chi connectivity index (χ0n) is 22.5. The number of rotatable bonds is 9. The van der Waals surface area contributed by atoms with Gasteiger partial charge in [0.25, 0.3) is 0 Å². The van der Waals surface area contributed by atoms with E-state index in [0.717, 1.165) is 17.4 Å². The average Bonchev–Trinajstić information content (AvgIpc) is 3.72.